The zero-order valence-corrected chi connectivity index (χ0v) is 13.4. The molecule has 2 unspecified atom stereocenters. The molecule has 1 N–H and O–H groups in total. The van der Waals surface area contributed by atoms with Gasteiger partial charge in [0.15, 0.2) is 0 Å². The van der Waals surface area contributed by atoms with Crippen LogP contribution in [0.25, 0.3) is 0 Å². The van der Waals surface area contributed by atoms with Crippen LogP contribution in [-0.2, 0) is 0 Å². The Morgan fingerprint density at radius 1 is 1.32 bits per heavy atom. The fraction of sp³-hybridized carbons (Fsp3) is 0.600. The molecule has 1 aromatic rings. The fourth-order valence-electron chi connectivity index (χ4n) is 2.60. The predicted molar refractivity (Wildman–Crippen MR) is 84.6 cm³/mol. The van der Waals surface area contributed by atoms with Gasteiger partial charge < -0.3 is 10.2 Å². The highest BCUT2D eigenvalue weighted by atomic mass is 35.5. The zero-order valence-electron chi connectivity index (χ0n) is 11.8. The van der Waals surface area contributed by atoms with Crippen molar-refractivity contribution >= 4 is 28.9 Å². The highest BCUT2D eigenvalue weighted by Gasteiger charge is 2.33. The maximum absolute atomic E-state index is 6.15. The minimum absolute atomic E-state index is 0.164. The molecule has 0 spiro atoms. The van der Waals surface area contributed by atoms with E-state index in [0.29, 0.717) is 16.1 Å². The predicted octanol–water partition coefficient (Wildman–Crippen LogP) is 4.35. The van der Waals surface area contributed by atoms with Gasteiger partial charge in [-0.15, -0.1) is 0 Å². The normalized spacial score (nSPS) is 27.6. The number of piperazine rings is 1. The zero-order chi connectivity index (χ0) is 14.0. The standard InChI is InChI=1S/C15H22Cl2N2/c1-4-11-9-18-15(3,5-2)10-19(11)12-6-7-13(16)14(17)8-12/h6-8,11,18H,4-5,9-10H2,1-3H3. The Morgan fingerprint density at radius 2 is 2.05 bits per heavy atom. The lowest BCUT2D eigenvalue weighted by atomic mass is 9.92. The van der Waals surface area contributed by atoms with Gasteiger partial charge in [0.1, 0.15) is 0 Å². The maximum Gasteiger partial charge on any atom is 0.0612 e. The summed E-state index contributed by atoms with van der Waals surface area (Å²) in [5, 5.41) is 4.92. The van der Waals surface area contributed by atoms with Crippen molar-refractivity contribution in [3.05, 3.63) is 28.2 Å². The quantitative estimate of drug-likeness (QED) is 0.893. The first-order valence-electron chi connectivity index (χ1n) is 6.96. The molecule has 0 aromatic heterocycles. The van der Waals surface area contributed by atoms with Crippen LogP contribution in [0.2, 0.25) is 10.0 Å². The topological polar surface area (TPSA) is 15.3 Å². The Morgan fingerprint density at radius 3 is 2.63 bits per heavy atom. The number of nitrogens with one attached hydrogen (secondary N) is 1. The monoisotopic (exact) mass is 300 g/mol. The van der Waals surface area contributed by atoms with Crippen LogP contribution in [-0.4, -0.2) is 24.7 Å². The van der Waals surface area contributed by atoms with Crippen LogP contribution in [0.5, 0.6) is 0 Å². The molecule has 1 aliphatic heterocycles. The number of hydrogen-bond acceptors (Lipinski definition) is 2. The first kappa shape index (κ1) is 15.0. The molecule has 106 valence electrons. The van der Waals surface area contributed by atoms with Crippen LogP contribution in [0.3, 0.4) is 0 Å². The Kier molecular flexibility index (Phi) is 4.65. The number of halogens is 2. The number of benzene rings is 1. The molecule has 2 rings (SSSR count). The fourth-order valence-corrected chi connectivity index (χ4v) is 2.90. The number of anilines is 1. The molecule has 0 saturated carbocycles. The van der Waals surface area contributed by atoms with Crippen molar-refractivity contribution in [2.45, 2.75) is 45.2 Å². The van der Waals surface area contributed by atoms with E-state index in [9.17, 15) is 0 Å². The van der Waals surface area contributed by atoms with Crippen LogP contribution in [0, 0.1) is 0 Å². The highest BCUT2D eigenvalue weighted by Crippen LogP contribution is 2.31. The summed E-state index contributed by atoms with van der Waals surface area (Å²) in [4.78, 5) is 2.46. The SMILES string of the molecule is CCC1CNC(C)(CC)CN1c1ccc(Cl)c(Cl)c1. The summed E-state index contributed by atoms with van der Waals surface area (Å²) >= 11 is 12.2. The summed E-state index contributed by atoms with van der Waals surface area (Å²) in [5.41, 5.74) is 1.33. The molecule has 2 atom stereocenters. The van der Waals surface area contributed by atoms with Crippen LogP contribution < -0.4 is 10.2 Å². The van der Waals surface area contributed by atoms with E-state index in [4.69, 9.17) is 23.2 Å². The van der Waals surface area contributed by atoms with Gasteiger partial charge in [0.25, 0.3) is 0 Å². The van der Waals surface area contributed by atoms with Gasteiger partial charge in [-0.25, -0.2) is 0 Å². The van der Waals surface area contributed by atoms with Crippen molar-refractivity contribution in [3.8, 4) is 0 Å². The third-order valence-electron chi connectivity index (χ3n) is 4.21. The second-order valence-corrected chi connectivity index (χ2v) is 6.40. The summed E-state index contributed by atoms with van der Waals surface area (Å²) in [6, 6.07) is 6.45. The van der Waals surface area contributed by atoms with Crippen molar-refractivity contribution in [1.29, 1.82) is 0 Å². The van der Waals surface area contributed by atoms with Gasteiger partial charge in [-0.1, -0.05) is 37.0 Å². The van der Waals surface area contributed by atoms with E-state index < -0.39 is 0 Å². The van der Waals surface area contributed by atoms with Gasteiger partial charge in [0.05, 0.1) is 10.0 Å². The lowest BCUT2D eigenvalue weighted by Crippen LogP contribution is -2.62. The first-order chi connectivity index (χ1) is 8.99. The maximum atomic E-state index is 6.15. The number of nitrogens with zero attached hydrogens (tertiary/aromatic N) is 1. The Labute approximate surface area is 126 Å². The van der Waals surface area contributed by atoms with E-state index in [-0.39, 0.29) is 5.54 Å². The van der Waals surface area contributed by atoms with Crippen molar-refractivity contribution in [1.82, 2.24) is 5.32 Å². The van der Waals surface area contributed by atoms with Gasteiger partial charge in [0.2, 0.25) is 0 Å². The van der Waals surface area contributed by atoms with E-state index in [0.717, 1.165) is 25.9 Å². The van der Waals surface area contributed by atoms with Gasteiger partial charge in [0, 0.05) is 30.4 Å². The van der Waals surface area contributed by atoms with Crippen molar-refractivity contribution in [2.24, 2.45) is 0 Å². The molecule has 1 saturated heterocycles. The van der Waals surface area contributed by atoms with Crippen molar-refractivity contribution in [3.63, 3.8) is 0 Å². The van der Waals surface area contributed by atoms with Crippen molar-refractivity contribution in [2.75, 3.05) is 18.0 Å². The van der Waals surface area contributed by atoms with Gasteiger partial charge in [-0.3, -0.25) is 0 Å². The summed E-state index contributed by atoms with van der Waals surface area (Å²) in [7, 11) is 0. The second kappa shape index (κ2) is 5.90. The molecular weight excluding hydrogens is 279 g/mol. The average Bonchev–Trinajstić information content (AvgIpc) is 2.42. The minimum Gasteiger partial charge on any atom is -0.365 e. The molecular formula is C15H22Cl2N2. The van der Waals surface area contributed by atoms with Crippen LogP contribution in [0.4, 0.5) is 5.69 Å². The molecule has 0 aliphatic carbocycles. The van der Waals surface area contributed by atoms with E-state index in [1.165, 1.54) is 5.69 Å². The average molecular weight is 301 g/mol. The highest BCUT2D eigenvalue weighted by molar-refractivity contribution is 6.42. The molecule has 1 fully saturated rings. The minimum atomic E-state index is 0.164. The molecule has 4 heteroatoms. The van der Waals surface area contributed by atoms with Crippen LogP contribution in [0.1, 0.15) is 33.6 Å². The van der Waals surface area contributed by atoms with E-state index in [1.807, 2.05) is 12.1 Å². The van der Waals surface area contributed by atoms with Gasteiger partial charge >= 0.3 is 0 Å². The molecule has 1 aromatic carbocycles. The number of rotatable bonds is 3. The smallest absolute Gasteiger partial charge is 0.0612 e. The molecule has 0 radical (unpaired) electrons. The Bertz CT molecular complexity index is 450. The lowest BCUT2D eigenvalue weighted by Gasteiger charge is -2.47. The van der Waals surface area contributed by atoms with Crippen LogP contribution in [0.15, 0.2) is 18.2 Å². The number of hydrogen-bond donors (Lipinski definition) is 1. The largest absolute Gasteiger partial charge is 0.365 e. The van der Waals surface area contributed by atoms with E-state index >= 15 is 0 Å². The Hall–Kier alpha value is -0.440. The molecule has 0 amide bonds. The summed E-state index contributed by atoms with van der Waals surface area (Å²) in [6.45, 7) is 8.75. The van der Waals surface area contributed by atoms with E-state index in [2.05, 4.69) is 37.1 Å². The molecule has 19 heavy (non-hydrogen) atoms. The summed E-state index contributed by atoms with van der Waals surface area (Å²) in [6.07, 6.45) is 2.23. The second-order valence-electron chi connectivity index (χ2n) is 5.58. The van der Waals surface area contributed by atoms with Crippen LogP contribution >= 0.6 is 23.2 Å². The van der Waals surface area contributed by atoms with E-state index in [1.54, 1.807) is 0 Å². The molecule has 1 aliphatic rings. The van der Waals surface area contributed by atoms with Gasteiger partial charge in [-0.2, -0.15) is 0 Å². The Balaban J connectivity index is 2.29. The summed E-state index contributed by atoms with van der Waals surface area (Å²) in [5.74, 6) is 0. The van der Waals surface area contributed by atoms with Gasteiger partial charge in [-0.05, 0) is 38.0 Å². The third kappa shape index (κ3) is 3.18. The van der Waals surface area contributed by atoms with Crippen molar-refractivity contribution < 1.29 is 0 Å². The third-order valence-corrected chi connectivity index (χ3v) is 4.95. The first-order valence-corrected chi connectivity index (χ1v) is 7.71. The lowest BCUT2D eigenvalue weighted by molar-refractivity contribution is 0.276. The summed E-state index contributed by atoms with van der Waals surface area (Å²) < 4.78 is 0. The molecule has 0 bridgehead atoms. The molecule has 1 heterocycles. The molecule has 2 nitrogen and oxygen atoms in total.